The largest absolute Gasteiger partial charge is 0.327 e. The zero-order chi connectivity index (χ0) is 20.8. The van der Waals surface area contributed by atoms with Crippen LogP contribution in [-0.2, 0) is 38.7 Å². The minimum absolute atomic E-state index is 0.0494. The Hall–Kier alpha value is -2.33. The van der Waals surface area contributed by atoms with Crippen molar-refractivity contribution >= 4 is 29.4 Å². The van der Waals surface area contributed by atoms with Crippen LogP contribution in [0.4, 0.5) is 0 Å². The van der Waals surface area contributed by atoms with Crippen molar-refractivity contribution in [1.82, 2.24) is 34.9 Å². The predicted molar refractivity (Wildman–Crippen MR) is 116 cm³/mol. The van der Waals surface area contributed by atoms with E-state index in [1.165, 1.54) is 0 Å². The van der Waals surface area contributed by atoms with Gasteiger partial charge in [-0.3, -0.25) is 14.2 Å². The van der Waals surface area contributed by atoms with Crippen LogP contribution in [0.25, 0.3) is 0 Å². The van der Waals surface area contributed by atoms with E-state index in [4.69, 9.17) is 0 Å². The molecule has 154 valence electrons. The monoisotopic (exact) mass is 431 g/mol. The molecule has 1 amide bonds. The van der Waals surface area contributed by atoms with E-state index >= 15 is 0 Å². The van der Waals surface area contributed by atoms with Gasteiger partial charge < -0.3 is 4.90 Å². The summed E-state index contributed by atoms with van der Waals surface area (Å²) in [5.74, 6) is 1.69. The topological polar surface area (TPSA) is 81.7 Å². The molecule has 0 bridgehead atoms. The van der Waals surface area contributed by atoms with Gasteiger partial charge in [0.05, 0.1) is 13.1 Å². The molecular weight excluding hydrogens is 406 g/mol. The van der Waals surface area contributed by atoms with Crippen molar-refractivity contribution in [3.8, 4) is 0 Å². The summed E-state index contributed by atoms with van der Waals surface area (Å²) in [5.41, 5.74) is 4.47. The zero-order valence-electron chi connectivity index (χ0n) is 17.1. The Labute approximate surface area is 179 Å². The summed E-state index contributed by atoms with van der Waals surface area (Å²) in [4.78, 5) is 15.2. The maximum atomic E-state index is 13.5. The number of nitrogens with zero attached hydrogens (tertiary/aromatic N) is 7. The molecule has 29 heavy (non-hydrogen) atoms. The van der Waals surface area contributed by atoms with E-state index in [0.717, 1.165) is 34.0 Å². The van der Waals surface area contributed by atoms with Crippen LogP contribution in [0.5, 0.6) is 0 Å². The van der Waals surface area contributed by atoms with Crippen molar-refractivity contribution in [3.63, 3.8) is 0 Å². The molecule has 0 saturated heterocycles. The number of aryl methyl sites for hydroxylation is 2. The number of carbonyl (C=O) groups is 1. The second-order valence-corrected chi connectivity index (χ2v) is 8.56. The number of hydrogen-bond acceptors (Lipinski definition) is 7. The molecule has 0 aliphatic heterocycles. The number of carbonyl (C=O) groups excluding carboxylic acids is 1. The Balaban J connectivity index is 1.91. The highest BCUT2D eigenvalue weighted by atomic mass is 32.2. The third-order valence-corrected chi connectivity index (χ3v) is 5.46. The van der Waals surface area contributed by atoms with E-state index in [-0.39, 0.29) is 5.91 Å². The Morgan fingerprint density at radius 3 is 1.76 bits per heavy atom. The van der Waals surface area contributed by atoms with Gasteiger partial charge in [0.1, 0.15) is 11.4 Å². The van der Waals surface area contributed by atoms with Crippen LogP contribution in [0.1, 0.15) is 32.9 Å². The summed E-state index contributed by atoms with van der Waals surface area (Å²) in [6, 6.07) is 6.16. The van der Waals surface area contributed by atoms with Gasteiger partial charge in [-0.2, -0.15) is 23.5 Å². The van der Waals surface area contributed by atoms with Gasteiger partial charge in [0.2, 0.25) is 0 Å². The molecule has 8 nitrogen and oxygen atoms in total. The molecule has 10 heteroatoms. The van der Waals surface area contributed by atoms with E-state index in [0.29, 0.717) is 18.7 Å². The molecule has 0 aliphatic carbocycles. The number of amides is 1. The van der Waals surface area contributed by atoms with Crippen molar-refractivity contribution in [3.05, 3.63) is 58.7 Å². The van der Waals surface area contributed by atoms with E-state index in [1.807, 2.05) is 38.6 Å². The molecule has 0 aliphatic rings. The number of hydrogen-bond donors (Lipinski definition) is 0. The Kier molecular flexibility index (Phi) is 7.32. The molecule has 0 spiro atoms. The fourth-order valence-corrected chi connectivity index (χ4v) is 4.09. The molecule has 0 unspecified atom stereocenters. The minimum Gasteiger partial charge on any atom is -0.327 e. The van der Waals surface area contributed by atoms with Crippen LogP contribution >= 0.6 is 23.5 Å². The summed E-state index contributed by atoms with van der Waals surface area (Å²) in [6.07, 6.45) is 7.77. The first-order valence-electron chi connectivity index (χ1n) is 9.09. The maximum Gasteiger partial charge on any atom is 0.254 e. The third-order valence-electron chi connectivity index (χ3n) is 4.21. The lowest BCUT2D eigenvalue weighted by Crippen LogP contribution is -2.30. The van der Waals surface area contributed by atoms with Crippen molar-refractivity contribution in [2.45, 2.75) is 24.6 Å². The van der Waals surface area contributed by atoms with Gasteiger partial charge in [0.15, 0.2) is 0 Å². The van der Waals surface area contributed by atoms with E-state index in [2.05, 4.69) is 39.2 Å². The maximum absolute atomic E-state index is 13.5. The fourth-order valence-electron chi connectivity index (χ4n) is 3.09. The second-order valence-electron chi connectivity index (χ2n) is 6.83. The first kappa shape index (κ1) is 21.4. The highest BCUT2D eigenvalue weighted by Crippen LogP contribution is 2.21. The second kappa shape index (κ2) is 9.93. The molecule has 2 heterocycles. The zero-order valence-corrected chi connectivity index (χ0v) is 18.7. The lowest BCUT2D eigenvalue weighted by Gasteiger charge is -2.21. The van der Waals surface area contributed by atoms with Crippen molar-refractivity contribution in [2.75, 3.05) is 12.5 Å². The predicted octanol–water partition coefficient (Wildman–Crippen LogP) is 2.51. The van der Waals surface area contributed by atoms with Crippen LogP contribution in [0.2, 0.25) is 0 Å². The summed E-state index contributed by atoms with van der Waals surface area (Å²) < 4.78 is 3.27. The standard InChI is InChI=1S/C19H25N7OS2/c1-24-8-17(20-22-24)10-26(11-18-9-25(2)23-21-18)19(27)16-6-14(12-28-3)5-15(7-16)13-29-4/h5-9H,10-13H2,1-4H3. The fraction of sp³-hybridized carbons (Fsp3) is 0.421. The molecule has 3 rings (SSSR count). The van der Waals surface area contributed by atoms with Crippen LogP contribution < -0.4 is 0 Å². The van der Waals surface area contributed by atoms with Gasteiger partial charge in [0, 0.05) is 43.6 Å². The first-order valence-corrected chi connectivity index (χ1v) is 11.9. The van der Waals surface area contributed by atoms with Crippen molar-refractivity contribution < 1.29 is 4.79 Å². The number of aromatic nitrogens is 6. The summed E-state index contributed by atoms with van der Waals surface area (Å²) in [5, 5.41) is 16.2. The average Bonchev–Trinajstić information content (AvgIpc) is 3.29. The van der Waals surface area contributed by atoms with Crippen LogP contribution in [0, 0.1) is 0 Å². The highest BCUT2D eigenvalue weighted by molar-refractivity contribution is 7.98. The number of rotatable bonds is 9. The van der Waals surface area contributed by atoms with Crippen molar-refractivity contribution in [1.29, 1.82) is 0 Å². The Morgan fingerprint density at radius 2 is 1.38 bits per heavy atom. The van der Waals surface area contributed by atoms with Gasteiger partial charge in [-0.25, -0.2) is 0 Å². The van der Waals surface area contributed by atoms with Crippen LogP contribution in [-0.4, -0.2) is 53.3 Å². The van der Waals surface area contributed by atoms with Crippen molar-refractivity contribution in [2.24, 2.45) is 14.1 Å². The molecule has 3 aromatic rings. The highest BCUT2D eigenvalue weighted by Gasteiger charge is 2.20. The molecule has 0 N–H and O–H groups in total. The molecule has 0 fully saturated rings. The number of benzene rings is 1. The van der Waals surface area contributed by atoms with Gasteiger partial charge in [-0.1, -0.05) is 16.5 Å². The molecule has 0 atom stereocenters. The van der Waals surface area contributed by atoms with Gasteiger partial charge in [-0.15, -0.1) is 10.2 Å². The van der Waals surface area contributed by atoms with E-state index in [9.17, 15) is 4.79 Å². The Morgan fingerprint density at radius 1 is 0.897 bits per heavy atom. The van der Waals surface area contributed by atoms with Gasteiger partial charge in [0.25, 0.3) is 5.91 Å². The SMILES string of the molecule is CSCc1cc(CSC)cc(C(=O)N(Cc2cn(C)nn2)Cc2cn(C)nn2)c1. The Bertz CT molecular complexity index is 903. The number of thioether (sulfide) groups is 2. The average molecular weight is 432 g/mol. The molecule has 0 saturated carbocycles. The van der Waals surface area contributed by atoms with Gasteiger partial charge >= 0.3 is 0 Å². The summed E-state index contributed by atoms with van der Waals surface area (Å²) in [6.45, 7) is 0.710. The van der Waals surface area contributed by atoms with E-state index in [1.54, 1.807) is 37.8 Å². The molecule has 1 aromatic carbocycles. The van der Waals surface area contributed by atoms with E-state index < -0.39 is 0 Å². The lowest BCUT2D eigenvalue weighted by molar-refractivity contribution is 0.0725. The van der Waals surface area contributed by atoms with Gasteiger partial charge in [-0.05, 0) is 35.8 Å². The molecule has 0 radical (unpaired) electrons. The minimum atomic E-state index is -0.0494. The molecular formula is C19H25N7OS2. The van der Waals surface area contributed by atoms with Crippen LogP contribution in [0.3, 0.4) is 0 Å². The molecule has 2 aromatic heterocycles. The quantitative estimate of drug-likeness (QED) is 0.515. The van der Waals surface area contributed by atoms with Crippen LogP contribution in [0.15, 0.2) is 30.6 Å². The summed E-state index contributed by atoms with van der Waals surface area (Å²) >= 11 is 3.49. The summed E-state index contributed by atoms with van der Waals surface area (Å²) in [7, 11) is 3.62. The smallest absolute Gasteiger partial charge is 0.254 e. The first-order chi connectivity index (χ1) is 14.0. The third kappa shape index (κ3) is 5.83. The normalized spacial score (nSPS) is 11.0. The lowest BCUT2D eigenvalue weighted by atomic mass is 10.1.